The average molecular weight is 385 g/mol. The van der Waals surface area contributed by atoms with E-state index in [1.165, 1.54) is 6.08 Å². The molecule has 0 fully saturated rings. The second-order valence-electron chi connectivity index (χ2n) is 3.74. The van der Waals surface area contributed by atoms with Crippen LogP contribution >= 0.6 is 34.2 Å². The second kappa shape index (κ2) is 6.68. The molecule has 5 heteroatoms. The maximum atomic E-state index is 11.7. The summed E-state index contributed by atoms with van der Waals surface area (Å²) in [7, 11) is 0. The third-order valence-corrected chi connectivity index (χ3v) is 3.17. The zero-order valence-corrected chi connectivity index (χ0v) is 12.7. The first-order chi connectivity index (χ1) is 9.13. The summed E-state index contributed by atoms with van der Waals surface area (Å²) in [6.45, 7) is 0. The topological polar surface area (TPSA) is 42.0 Å². The van der Waals surface area contributed by atoms with Crippen LogP contribution in [-0.4, -0.2) is 10.9 Å². The zero-order chi connectivity index (χ0) is 13.7. The van der Waals surface area contributed by atoms with Crippen LogP contribution in [0.5, 0.6) is 0 Å². The molecule has 96 valence electrons. The van der Waals surface area contributed by atoms with Crippen LogP contribution < -0.4 is 5.32 Å². The fourth-order valence-corrected chi connectivity index (χ4v) is 1.81. The van der Waals surface area contributed by atoms with Gasteiger partial charge in [0.15, 0.2) is 0 Å². The number of nitrogens with one attached hydrogen (secondary N) is 1. The first-order valence-corrected chi connectivity index (χ1v) is 6.95. The number of amides is 1. The maximum Gasteiger partial charge on any atom is 0.249 e. The summed E-state index contributed by atoms with van der Waals surface area (Å²) in [5, 5.41) is 3.36. The summed E-state index contributed by atoms with van der Waals surface area (Å²) in [4.78, 5) is 15.8. The Morgan fingerprint density at radius 1 is 1.21 bits per heavy atom. The summed E-state index contributed by atoms with van der Waals surface area (Å²) < 4.78 is 1.02. The van der Waals surface area contributed by atoms with Crippen molar-refractivity contribution < 1.29 is 4.79 Å². The molecule has 0 unspecified atom stereocenters. The molecule has 1 N–H and O–H groups in total. The third-order valence-electron chi connectivity index (χ3n) is 2.28. The lowest BCUT2D eigenvalue weighted by molar-refractivity contribution is -0.111. The first kappa shape index (κ1) is 14.0. The molecule has 1 heterocycles. The number of benzene rings is 1. The Balaban J connectivity index is 1.97. The van der Waals surface area contributed by atoms with Crippen LogP contribution in [0, 0.1) is 3.57 Å². The fraction of sp³-hybridized carbons (Fsp3) is 0. The number of hydrogen-bond donors (Lipinski definition) is 1. The van der Waals surface area contributed by atoms with Crippen molar-refractivity contribution in [2.75, 3.05) is 5.32 Å². The van der Waals surface area contributed by atoms with E-state index >= 15 is 0 Å². The van der Waals surface area contributed by atoms with E-state index in [1.54, 1.807) is 30.5 Å². The summed E-state index contributed by atoms with van der Waals surface area (Å²) >= 11 is 7.94. The van der Waals surface area contributed by atoms with Crippen molar-refractivity contribution in [1.29, 1.82) is 0 Å². The van der Waals surface area contributed by atoms with Gasteiger partial charge in [-0.25, -0.2) is 4.98 Å². The van der Waals surface area contributed by atoms with Gasteiger partial charge in [0.2, 0.25) is 5.91 Å². The van der Waals surface area contributed by atoms with E-state index in [0.717, 1.165) is 9.13 Å². The van der Waals surface area contributed by atoms with Gasteiger partial charge in [0.25, 0.3) is 0 Å². The highest BCUT2D eigenvalue weighted by atomic mass is 127. The Hall–Kier alpha value is -1.40. The van der Waals surface area contributed by atoms with Gasteiger partial charge in [-0.3, -0.25) is 4.79 Å². The molecule has 0 aliphatic carbocycles. The Morgan fingerprint density at radius 3 is 2.58 bits per heavy atom. The second-order valence-corrected chi connectivity index (χ2v) is 5.42. The van der Waals surface area contributed by atoms with Crippen molar-refractivity contribution in [1.82, 2.24) is 4.98 Å². The van der Waals surface area contributed by atoms with E-state index in [2.05, 4.69) is 32.9 Å². The Labute approximate surface area is 129 Å². The van der Waals surface area contributed by atoms with Gasteiger partial charge in [0, 0.05) is 20.9 Å². The summed E-state index contributed by atoms with van der Waals surface area (Å²) in [6, 6.07) is 10.9. The van der Waals surface area contributed by atoms with Crippen molar-refractivity contribution in [3.8, 4) is 0 Å². The maximum absolute atomic E-state index is 11.7. The third kappa shape index (κ3) is 4.65. The minimum atomic E-state index is -0.219. The van der Waals surface area contributed by atoms with Crippen LogP contribution in [0.2, 0.25) is 5.02 Å². The van der Waals surface area contributed by atoms with Gasteiger partial charge in [0.05, 0.1) is 0 Å². The lowest BCUT2D eigenvalue weighted by Crippen LogP contribution is -2.08. The molecular weight excluding hydrogens is 375 g/mol. The quantitative estimate of drug-likeness (QED) is 0.642. The van der Waals surface area contributed by atoms with E-state index in [0.29, 0.717) is 10.8 Å². The monoisotopic (exact) mass is 384 g/mol. The minimum Gasteiger partial charge on any atom is -0.307 e. The fourth-order valence-electron chi connectivity index (χ4n) is 1.36. The lowest BCUT2D eigenvalue weighted by Gasteiger charge is -2.00. The van der Waals surface area contributed by atoms with Gasteiger partial charge in [-0.1, -0.05) is 23.7 Å². The number of carbonyl (C=O) groups is 1. The number of anilines is 1. The predicted octanol–water partition coefficient (Wildman–Crippen LogP) is 3.99. The average Bonchev–Trinajstić information content (AvgIpc) is 2.41. The van der Waals surface area contributed by atoms with Crippen LogP contribution in [0.1, 0.15) is 5.56 Å². The standard InChI is InChI=1S/C14H10ClIN2O/c15-11-4-1-10(2-5-11)3-8-14(19)18-13-7-6-12(16)9-17-13/h1-9H,(H,17,18,19). The van der Waals surface area contributed by atoms with Gasteiger partial charge in [-0.05, 0) is 58.5 Å². The highest BCUT2D eigenvalue weighted by Gasteiger charge is 1.98. The largest absolute Gasteiger partial charge is 0.307 e. The molecule has 0 bridgehead atoms. The normalized spacial score (nSPS) is 10.6. The van der Waals surface area contributed by atoms with Gasteiger partial charge in [-0.2, -0.15) is 0 Å². The van der Waals surface area contributed by atoms with Gasteiger partial charge >= 0.3 is 0 Å². The number of nitrogens with zero attached hydrogens (tertiary/aromatic N) is 1. The Bertz CT molecular complexity index is 594. The van der Waals surface area contributed by atoms with Crippen molar-refractivity contribution in [3.63, 3.8) is 0 Å². The lowest BCUT2D eigenvalue weighted by atomic mass is 10.2. The Kier molecular flexibility index (Phi) is 4.93. The van der Waals surface area contributed by atoms with Gasteiger partial charge in [-0.15, -0.1) is 0 Å². The number of halogens is 2. The first-order valence-electron chi connectivity index (χ1n) is 5.50. The van der Waals surface area contributed by atoms with E-state index < -0.39 is 0 Å². The summed E-state index contributed by atoms with van der Waals surface area (Å²) in [6.07, 6.45) is 4.88. The van der Waals surface area contributed by atoms with E-state index in [-0.39, 0.29) is 5.91 Å². The molecule has 3 nitrogen and oxygen atoms in total. The number of pyridine rings is 1. The summed E-state index contributed by atoms with van der Waals surface area (Å²) in [5.41, 5.74) is 0.912. The predicted molar refractivity (Wildman–Crippen MR) is 86.1 cm³/mol. The van der Waals surface area contributed by atoms with Crippen LogP contribution in [0.3, 0.4) is 0 Å². The number of carbonyl (C=O) groups excluding carboxylic acids is 1. The highest BCUT2D eigenvalue weighted by molar-refractivity contribution is 14.1. The molecule has 0 saturated heterocycles. The molecule has 1 aromatic heterocycles. The molecule has 0 aliphatic heterocycles. The number of aromatic nitrogens is 1. The van der Waals surface area contributed by atoms with Crippen LogP contribution in [-0.2, 0) is 4.79 Å². The molecule has 0 saturated carbocycles. The molecule has 0 atom stereocenters. The SMILES string of the molecule is O=C(C=Cc1ccc(Cl)cc1)Nc1ccc(I)cn1. The van der Waals surface area contributed by atoms with Gasteiger partial charge in [0.1, 0.15) is 5.82 Å². The van der Waals surface area contributed by atoms with Crippen LogP contribution in [0.15, 0.2) is 48.7 Å². The van der Waals surface area contributed by atoms with Crippen LogP contribution in [0.25, 0.3) is 6.08 Å². The summed E-state index contributed by atoms with van der Waals surface area (Å²) in [5.74, 6) is 0.315. The van der Waals surface area contributed by atoms with Gasteiger partial charge < -0.3 is 5.32 Å². The molecule has 1 aromatic carbocycles. The van der Waals surface area contributed by atoms with Crippen molar-refractivity contribution in [2.24, 2.45) is 0 Å². The molecule has 1 amide bonds. The molecule has 0 aliphatic rings. The molecule has 0 radical (unpaired) electrons. The smallest absolute Gasteiger partial charge is 0.249 e. The minimum absolute atomic E-state index is 0.219. The van der Waals surface area contributed by atoms with Crippen LogP contribution in [0.4, 0.5) is 5.82 Å². The van der Waals surface area contributed by atoms with E-state index in [4.69, 9.17) is 11.6 Å². The molecule has 0 spiro atoms. The highest BCUT2D eigenvalue weighted by Crippen LogP contribution is 2.11. The van der Waals surface area contributed by atoms with E-state index in [1.807, 2.05) is 18.2 Å². The van der Waals surface area contributed by atoms with Crippen molar-refractivity contribution in [3.05, 3.63) is 62.8 Å². The van der Waals surface area contributed by atoms with E-state index in [9.17, 15) is 4.79 Å². The molecular formula is C14H10ClIN2O. The molecule has 2 rings (SSSR count). The number of hydrogen-bond acceptors (Lipinski definition) is 2. The molecule has 2 aromatic rings. The zero-order valence-electron chi connectivity index (χ0n) is 9.81. The Morgan fingerprint density at radius 2 is 1.95 bits per heavy atom. The van der Waals surface area contributed by atoms with Crippen molar-refractivity contribution >= 4 is 52.0 Å². The van der Waals surface area contributed by atoms with Crippen molar-refractivity contribution in [2.45, 2.75) is 0 Å². The molecule has 19 heavy (non-hydrogen) atoms. The number of rotatable bonds is 3.